The van der Waals surface area contributed by atoms with Gasteiger partial charge in [0.05, 0.1) is 0 Å². The molecule has 4 nitrogen and oxygen atoms in total. The third-order valence-corrected chi connectivity index (χ3v) is 4.59. The van der Waals surface area contributed by atoms with E-state index in [1.54, 1.807) is 6.07 Å². The number of thiocarbonyl (C=S) groups is 1. The predicted molar refractivity (Wildman–Crippen MR) is 106 cm³/mol. The fourth-order valence-electron chi connectivity index (χ4n) is 3.04. The van der Waals surface area contributed by atoms with Crippen LogP contribution in [0, 0.1) is 0 Å². The van der Waals surface area contributed by atoms with Crippen LogP contribution in [-0.2, 0) is 6.54 Å². The lowest BCUT2D eigenvalue weighted by molar-refractivity contribution is 0.0951. The van der Waals surface area contributed by atoms with E-state index in [9.17, 15) is 4.79 Å². The lowest BCUT2D eigenvalue weighted by atomic mass is 10.1. The van der Waals surface area contributed by atoms with E-state index in [2.05, 4.69) is 16.0 Å². The van der Waals surface area contributed by atoms with Crippen LogP contribution in [-0.4, -0.2) is 17.1 Å². The summed E-state index contributed by atoms with van der Waals surface area (Å²) in [6.07, 6.45) is 4.86. The maximum atomic E-state index is 12.3. The van der Waals surface area contributed by atoms with E-state index in [0.717, 1.165) is 11.3 Å². The first-order valence-electron chi connectivity index (χ1n) is 8.70. The number of amides is 1. The molecule has 3 rings (SSSR count). The summed E-state index contributed by atoms with van der Waals surface area (Å²) in [5.41, 5.74) is 2.51. The van der Waals surface area contributed by atoms with Gasteiger partial charge in [0.15, 0.2) is 5.11 Å². The zero-order chi connectivity index (χ0) is 17.5. The van der Waals surface area contributed by atoms with Gasteiger partial charge in [-0.2, -0.15) is 0 Å². The summed E-state index contributed by atoms with van der Waals surface area (Å²) >= 11 is 5.37. The smallest absolute Gasteiger partial charge is 0.251 e. The van der Waals surface area contributed by atoms with Crippen LogP contribution in [0.15, 0.2) is 54.6 Å². The van der Waals surface area contributed by atoms with Crippen LogP contribution < -0.4 is 16.0 Å². The first kappa shape index (κ1) is 17.4. The maximum Gasteiger partial charge on any atom is 0.251 e. The average Bonchev–Trinajstić information content (AvgIpc) is 3.13. The zero-order valence-corrected chi connectivity index (χ0v) is 14.9. The molecule has 0 saturated heterocycles. The highest BCUT2D eigenvalue weighted by Crippen LogP contribution is 2.18. The molecule has 25 heavy (non-hydrogen) atoms. The SMILES string of the molecule is O=C(NCc1ccccc1)c1cccc(NC(=S)NC2CCCC2)c1. The molecule has 1 amide bonds. The number of anilines is 1. The minimum absolute atomic E-state index is 0.0952. The largest absolute Gasteiger partial charge is 0.360 e. The van der Waals surface area contributed by atoms with Crippen molar-refractivity contribution in [2.75, 3.05) is 5.32 Å². The molecule has 0 unspecified atom stereocenters. The first-order chi connectivity index (χ1) is 12.2. The average molecular weight is 353 g/mol. The molecule has 1 fully saturated rings. The van der Waals surface area contributed by atoms with Gasteiger partial charge in [-0.05, 0) is 48.8 Å². The fourth-order valence-corrected chi connectivity index (χ4v) is 3.33. The first-order valence-corrected chi connectivity index (χ1v) is 9.11. The standard InChI is InChI=1S/C20H23N3OS/c24-19(21-14-15-7-2-1-3-8-15)16-9-6-12-18(13-16)23-20(25)22-17-10-4-5-11-17/h1-3,6-9,12-13,17H,4-5,10-11,14H2,(H,21,24)(H2,22,23,25). The van der Waals surface area contributed by atoms with Gasteiger partial charge in [0.1, 0.15) is 0 Å². The maximum absolute atomic E-state index is 12.3. The fraction of sp³-hybridized carbons (Fsp3) is 0.300. The Bertz CT molecular complexity index is 727. The molecule has 0 spiro atoms. The minimum Gasteiger partial charge on any atom is -0.360 e. The Morgan fingerprint density at radius 1 is 1.04 bits per heavy atom. The minimum atomic E-state index is -0.0952. The summed E-state index contributed by atoms with van der Waals surface area (Å²) in [6, 6.07) is 17.7. The second-order valence-corrected chi connectivity index (χ2v) is 6.74. The molecule has 1 aliphatic rings. The molecule has 5 heteroatoms. The van der Waals surface area contributed by atoms with Gasteiger partial charge in [-0.1, -0.05) is 49.2 Å². The third kappa shape index (κ3) is 5.29. The van der Waals surface area contributed by atoms with Crippen molar-refractivity contribution in [2.24, 2.45) is 0 Å². The summed E-state index contributed by atoms with van der Waals surface area (Å²) in [5.74, 6) is -0.0952. The number of hydrogen-bond acceptors (Lipinski definition) is 2. The molecule has 0 heterocycles. The van der Waals surface area contributed by atoms with Gasteiger partial charge >= 0.3 is 0 Å². The summed E-state index contributed by atoms with van der Waals surface area (Å²) in [6.45, 7) is 0.513. The Kier molecular flexibility index (Phi) is 6.01. The van der Waals surface area contributed by atoms with Crippen molar-refractivity contribution in [1.82, 2.24) is 10.6 Å². The van der Waals surface area contributed by atoms with Crippen molar-refractivity contribution in [2.45, 2.75) is 38.3 Å². The number of carbonyl (C=O) groups is 1. The Labute approximate surface area is 154 Å². The molecule has 2 aromatic rings. The number of rotatable bonds is 5. The number of carbonyl (C=O) groups excluding carboxylic acids is 1. The summed E-state index contributed by atoms with van der Waals surface area (Å²) in [4.78, 5) is 12.3. The normalized spacial score (nSPS) is 14.1. The highest BCUT2D eigenvalue weighted by molar-refractivity contribution is 7.80. The van der Waals surface area contributed by atoms with E-state index in [1.807, 2.05) is 48.5 Å². The van der Waals surface area contributed by atoms with Crippen molar-refractivity contribution in [3.63, 3.8) is 0 Å². The highest BCUT2D eigenvalue weighted by Gasteiger charge is 2.15. The number of nitrogens with one attached hydrogen (secondary N) is 3. The van der Waals surface area contributed by atoms with Crippen LogP contribution in [0.25, 0.3) is 0 Å². The molecular weight excluding hydrogens is 330 g/mol. The van der Waals surface area contributed by atoms with Gasteiger partial charge in [0.2, 0.25) is 0 Å². The monoisotopic (exact) mass is 353 g/mol. The highest BCUT2D eigenvalue weighted by atomic mass is 32.1. The molecule has 0 radical (unpaired) electrons. The summed E-state index contributed by atoms with van der Waals surface area (Å²) < 4.78 is 0. The molecule has 0 atom stereocenters. The Morgan fingerprint density at radius 3 is 2.56 bits per heavy atom. The van der Waals surface area contributed by atoms with E-state index in [0.29, 0.717) is 23.3 Å². The second kappa shape index (κ2) is 8.62. The van der Waals surface area contributed by atoms with Crippen LogP contribution in [0.4, 0.5) is 5.69 Å². The Hall–Kier alpha value is -2.40. The molecule has 130 valence electrons. The number of hydrogen-bond donors (Lipinski definition) is 3. The topological polar surface area (TPSA) is 53.2 Å². The predicted octanol–water partition coefficient (Wildman–Crippen LogP) is 3.85. The number of benzene rings is 2. The molecule has 0 bridgehead atoms. The van der Waals surface area contributed by atoms with Crippen LogP contribution in [0.1, 0.15) is 41.6 Å². The molecule has 1 saturated carbocycles. The summed E-state index contributed by atoms with van der Waals surface area (Å²) in [5, 5.41) is 10.1. The van der Waals surface area contributed by atoms with E-state index in [4.69, 9.17) is 12.2 Å². The zero-order valence-electron chi connectivity index (χ0n) is 14.1. The van der Waals surface area contributed by atoms with E-state index < -0.39 is 0 Å². The molecule has 0 aromatic heterocycles. The second-order valence-electron chi connectivity index (χ2n) is 6.33. The lowest BCUT2D eigenvalue weighted by Crippen LogP contribution is -2.36. The van der Waals surface area contributed by atoms with Crippen molar-refractivity contribution >= 4 is 28.9 Å². The van der Waals surface area contributed by atoms with Crippen molar-refractivity contribution in [3.05, 3.63) is 65.7 Å². The Morgan fingerprint density at radius 2 is 1.80 bits per heavy atom. The van der Waals surface area contributed by atoms with Crippen molar-refractivity contribution in [3.8, 4) is 0 Å². The van der Waals surface area contributed by atoms with E-state index in [-0.39, 0.29) is 5.91 Å². The molecular formula is C20H23N3OS. The van der Waals surface area contributed by atoms with Crippen molar-refractivity contribution in [1.29, 1.82) is 0 Å². The van der Waals surface area contributed by atoms with Gasteiger partial charge < -0.3 is 16.0 Å². The molecule has 2 aromatic carbocycles. The summed E-state index contributed by atoms with van der Waals surface area (Å²) in [7, 11) is 0. The molecule has 1 aliphatic carbocycles. The van der Waals surface area contributed by atoms with Crippen molar-refractivity contribution < 1.29 is 4.79 Å². The lowest BCUT2D eigenvalue weighted by Gasteiger charge is -2.16. The van der Waals surface area contributed by atoms with Crippen LogP contribution in [0.3, 0.4) is 0 Å². The quantitative estimate of drug-likeness (QED) is 0.715. The van der Waals surface area contributed by atoms with E-state index in [1.165, 1.54) is 25.7 Å². The van der Waals surface area contributed by atoms with Gasteiger partial charge in [-0.25, -0.2) is 0 Å². The van der Waals surface area contributed by atoms with Gasteiger partial charge in [-0.15, -0.1) is 0 Å². The molecule has 0 aliphatic heterocycles. The van der Waals surface area contributed by atoms with Gasteiger partial charge in [0, 0.05) is 23.8 Å². The molecule has 3 N–H and O–H groups in total. The van der Waals surface area contributed by atoms with Crippen LogP contribution in [0.2, 0.25) is 0 Å². The van der Waals surface area contributed by atoms with Gasteiger partial charge in [-0.3, -0.25) is 4.79 Å². The van der Waals surface area contributed by atoms with Crippen LogP contribution >= 0.6 is 12.2 Å². The van der Waals surface area contributed by atoms with Gasteiger partial charge in [0.25, 0.3) is 5.91 Å². The van der Waals surface area contributed by atoms with Crippen LogP contribution in [0.5, 0.6) is 0 Å². The van der Waals surface area contributed by atoms with E-state index >= 15 is 0 Å². The Balaban J connectivity index is 1.54. The third-order valence-electron chi connectivity index (χ3n) is 4.37.